The van der Waals surface area contributed by atoms with Crippen molar-refractivity contribution in [3.05, 3.63) is 104 Å². The van der Waals surface area contributed by atoms with Gasteiger partial charge in [-0.15, -0.1) is 0 Å². The zero-order valence-electron chi connectivity index (χ0n) is 24.1. The number of aromatic nitrogens is 1. The predicted octanol–water partition coefficient (Wildman–Crippen LogP) is 10.3. The number of hydrogen-bond donors (Lipinski definition) is 1. The minimum Gasteiger partial charge on any atom is -0.505 e. The number of carbonyl (C=O) groups is 2. The van der Waals surface area contributed by atoms with Crippen LogP contribution >= 0.6 is 46.4 Å². The number of Topliss-reactive ketones (excluding diaryl/α,β-unsaturated/α-hetero) is 2. The summed E-state index contributed by atoms with van der Waals surface area (Å²) in [5.41, 5.74) is 1.90. The smallest absolute Gasteiger partial charge is 0.238 e. The molecule has 1 N–H and O–H groups in total. The molecule has 5 rings (SSSR count). The molecule has 44 heavy (non-hydrogen) atoms. The number of hydrogen-bond acceptors (Lipinski definition) is 5. The molecular formula is C34H27Cl4NO5. The van der Waals surface area contributed by atoms with Crippen LogP contribution in [0.25, 0.3) is 27.8 Å². The van der Waals surface area contributed by atoms with Crippen molar-refractivity contribution in [2.24, 2.45) is 0 Å². The van der Waals surface area contributed by atoms with Crippen LogP contribution in [0.4, 0.5) is 0 Å². The van der Waals surface area contributed by atoms with Gasteiger partial charge in [0, 0.05) is 16.8 Å². The number of fused-ring (bicyclic) bond motifs is 1. The Bertz CT molecular complexity index is 1910. The van der Waals surface area contributed by atoms with Crippen LogP contribution in [0.15, 0.2) is 72.8 Å². The van der Waals surface area contributed by atoms with Gasteiger partial charge in [-0.3, -0.25) is 9.59 Å². The molecule has 0 saturated carbocycles. The first-order valence-electron chi connectivity index (χ1n) is 13.7. The summed E-state index contributed by atoms with van der Waals surface area (Å²) in [4.78, 5) is 27.7. The van der Waals surface area contributed by atoms with E-state index in [2.05, 4.69) is 0 Å². The molecule has 0 unspecified atom stereocenters. The van der Waals surface area contributed by atoms with Crippen LogP contribution < -0.4 is 9.47 Å². The molecule has 0 fully saturated rings. The molecule has 1 heterocycles. The maximum atomic E-state index is 14.1. The number of aromatic hydroxyl groups is 1. The standard InChI is InChI=1S/C34H27Cl4NO5/c1-17(2)43-22-9-7-21(8-10-22)39-27-13-14-28(44-18(3)4)30(34(42)32(40)20-6-12-24(36)26(38)16-20)29(27)33(41)31(39)19-5-11-23(35)25(37)15-19/h5-18,41H,1-4H3. The summed E-state index contributed by atoms with van der Waals surface area (Å²) < 4.78 is 13.6. The largest absolute Gasteiger partial charge is 0.505 e. The van der Waals surface area contributed by atoms with E-state index in [0.717, 1.165) is 0 Å². The van der Waals surface area contributed by atoms with Crippen molar-refractivity contribution >= 4 is 68.9 Å². The highest BCUT2D eigenvalue weighted by Gasteiger charge is 2.31. The van der Waals surface area contributed by atoms with Crippen molar-refractivity contribution in [3.63, 3.8) is 0 Å². The summed E-state index contributed by atoms with van der Waals surface area (Å²) in [6, 6.07) is 19.8. The number of ether oxygens (including phenoxy) is 2. The van der Waals surface area contributed by atoms with Crippen LogP contribution in [0.3, 0.4) is 0 Å². The lowest BCUT2D eigenvalue weighted by atomic mass is 9.97. The van der Waals surface area contributed by atoms with Gasteiger partial charge in [0.25, 0.3) is 0 Å². The lowest BCUT2D eigenvalue weighted by Crippen LogP contribution is -2.18. The Balaban J connectivity index is 1.82. The molecule has 0 radical (unpaired) electrons. The van der Waals surface area contributed by atoms with Crippen LogP contribution in [0.1, 0.15) is 48.4 Å². The predicted molar refractivity (Wildman–Crippen MR) is 177 cm³/mol. The van der Waals surface area contributed by atoms with Gasteiger partial charge in [-0.25, -0.2) is 0 Å². The van der Waals surface area contributed by atoms with Gasteiger partial charge in [0.1, 0.15) is 17.2 Å². The van der Waals surface area contributed by atoms with Gasteiger partial charge < -0.3 is 19.1 Å². The quantitative estimate of drug-likeness (QED) is 0.125. The zero-order chi connectivity index (χ0) is 31.9. The third-order valence-electron chi connectivity index (χ3n) is 6.71. The minimum atomic E-state index is -0.890. The van der Waals surface area contributed by atoms with Gasteiger partial charge in [0.15, 0.2) is 0 Å². The lowest BCUT2D eigenvalue weighted by Gasteiger charge is -2.16. The number of carbonyl (C=O) groups excluding carboxylic acids is 2. The van der Waals surface area contributed by atoms with Crippen LogP contribution in [-0.2, 0) is 0 Å². The van der Waals surface area contributed by atoms with E-state index < -0.39 is 11.6 Å². The van der Waals surface area contributed by atoms with Crippen LogP contribution in [-0.4, -0.2) is 33.4 Å². The van der Waals surface area contributed by atoms with Gasteiger partial charge in [0.2, 0.25) is 11.6 Å². The normalized spacial score (nSPS) is 11.4. The number of benzene rings is 4. The fourth-order valence-corrected chi connectivity index (χ4v) is 5.52. The molecule has 0 saturated heterocycles. The second kappa shape index (κ2) is 12.7. The average Bonchev–Trinajstić information content (AvgIpc) is 3.27. The van der Waals surface area contributed by atoms with Gasteiger partial charge in [-0.05, 0) is 94.4 Å². The zero-order valence-corrected chi connectivity index (χ0v) is 27.1. The van der Waals surface area contributed by atoms with Gasteiger partial charge in [-0.1, -0.05) is 52.5 Å². The minimum absolute atomic E-state index is 0.0231. The maximum Gasteiger partial charge on any atom is 0.238 e. The van der Waals surface area contributed by atoms with E-state index in [1.807, 2.05) is 38.1 Å². The third-order valence-corrected chi connectivity index (χ3v) is 8.19. The highest BCUT2D eigenvalue weighted by Crippen LogP contribution is 2.46. The number of halogens is 4. The number of rotatable bonds is 9. The van der Waals surface area contributed by atoms with Crippen LogP contribution in [0.2, 0.25) is 20.1 Å². The number of nitrogens with zero attached hydrogens (tertiary/aromatic N) is 1. The average molecular weight is 671 g/mol. The van der Waals surface area contributed by atoms with E-state index >= 15 is 0 Å². The summed E-state index contributed by atoms with van der Waals surface area (Å²) >= 11 is 24.8. The van der Waals surface area contributed by atoms with E-state index in [1.165, 1.54) is 18.2 Å². The second-order valence-electron chi connectivity index (χ2n) is 10.6. The Morgan fingerprint density at radius 1 is 0.705 bits per heavy atom. The summed E-state index contributed by atoms with van der Waals surface area (Å²) in [7, 11) is 0. The summed E-state index contributed by atoms with van der Waals surface area (Å²) in [6.07, 6.45) is -0.364. The van der Waals surface area contributed by atoms with Crippen LogP contribution in [0, 0.1) is 0 Å². The second-order valence-corrected chi connectivity index (χ2v) is 12.2. The Kier molecular flexibility index (Phi) is 9.19. The first kappa shape index (κ1) is 31.7. The maximum absolute atomic E-state index is 14.1. The molecule has 0 aliphatic rings. The summed E-state index contributed by atoms with van der Waals surface area (Å²) in [5, 5.41) is 13.1. The van der Waals surface area contributed by atoms with E-state index in [9.17, 15) is 14.7 Å². The Hall–Kier alpha value is -3.68. The topological polar surface area (TPSA) is 77.8 Å². The Morgan fingerprint density at radius 2 is 1.32 bits per heavy atom. The molecule has 0 aliphatic heterocycles. The monoisotopic (exact) mass is 669 g/mol. The molecule has 226 valence electrons. The van der Waals surface area contributed by atoms with E-state index in [0.29, 0.717) is 33.2 Å². The summed E-state index contributed by atoms with van der Waals surface area (Å²) in [6.45, 7) is 7.46. The molecule has 5 aromatic rings. The van der Waals surface area contributed by atoms with Crippen molar-refractivity contribution in [2.45, 2.75) is 39.9 Å². The van der Waals surface area contributed by atoms with Crippen LogP contribution in [0.5, 0.6) is 17.2 Å². The molecule has 0 atom stereocenters. The molecule has 6 nitrogen and oxygen atoms in total. The molecule has 0 aliphatic carbocycles. The molecule has 0 amide bonds. The number of ketones is 2. The first-order valence-corrected chi connectivity index (χ1v) is 15.2. The van der Waals surface area contributed by atoms with Gasteiger partial charge in [0.05, 0.1) is 54.5 Å². The molecule has 10 heteroatoms. The highest BCUT2D eigenvalue weighted by atomic mass is 35.5. The molecule has 4 aromatic carbocycles. The molecule has 0 spiro atoms. The Labute approximate surface area is 274 Å². The third kappa shape index (κ3) is 6.13. The van der Waals surface area contributed by atoms with Crippen molar-refractivity contribution < 1.29 is 24.2 Å². The Morgan fingerprint density at radius 3 is 1.91 bits per heavy atom. The highest BCUT2D eigenvalue weighted by molar-refractivity contribution is 6.52. The van der Waals surface area contributed by atoms with Crippen molar-refractivity contribution in [2.75, 3.05) is 0 Å². The molecule has 1 aromatic heterocycles. The summed E-state index contributed by atoms with van der Waals surface area (Å²) in [5.74, 6) is -1.18. The van der Waals surface area contributed by atoms with Crippen molar-refractivity contribution in [1.29, 1.82) is 0 Å². The van der Waals surface area contributed by atoms with Crippen molar-refractivity contribution in [1.82, 2.24) is 4.57 Å². The molecular weight excluding hydrogens is 644 g/mol. The van der Waals surface area contributed by atoms with E-state index in [1.54, 1.807) is 48.7 Å². The fourth-order valence-electron chi connectivity index (χ4n) is 4.93. The lowest BCUT2D eigenvalue weighted by molar-refractivity contribution is 0.0814. The van der Waals surface area contributed by atoms with Gasteiger partial charge >= 0.3 is 0 Å². The SMILES string of the molecule is CC(C)Oc1ccc(-n2c(-c3ccc(Cl)c(Cl)c3)c(O)c3c(C(=O)C(=O)c4ccc(Cl)c(Cl)c4)c(OC(C)C)ccc32)cc1. The van der Waals surface area contributed by atoms with Gasteiger partial charge in [-0.2, -0.15) is 0 Å². The molecule has 0 bridgehead atoms. The van der Waals surface area contributed by atoms with E-state index in [-0.39, 0.29) is 55.3 Å². The first-order chi connectivity index (χ1) is 20.9. The van der Waals surface area contributed by atoms with Crippen molar-refractivity contribution in [3.8, 4) is 34.2 Å². The van der Waals surface area contributed by atoms with E-state index in [4.69, 9.17) is 55.9 Å². The fraction of sp³-hybridized carbons (Fsp3) is 0.176.